The smallest absolute Gasteiger partial charge is 0.328 e. The van der Waals surface area contributed by atoms with Crippen molar-refractivity contribution in [3.05, 3.63) is 70.5 Å². The largest absolute Gasteiger partial charge is 0.478 e. The molecule has 188 valence electrons. The molecule has 1 aliphatic heterocycles. The van der Waals surface area contributed by atoms with Gasteiger partial charge in [0.05, 0.1) is 11.6 Å². The van der Waals surface area contributed by atoms with Crippen molar-refractivity contribution in [3.8, 4) is 0 Å². The lowest BCUT2D eigenvalue weighted by atomic mass is 9.92. The normalized spacial score (nSPS) is 14.8. The van der Waals surface area contributed by atoms with Crippen molar-refractivity contribution in [3.63, 3.8) is 0 Å². The average molecular weight is 511 g/mol. The number of aliphatic carboxylic acids is 2. The Morgan fingerprint density at radius 1 is 1.14 bits per heavy atom. The van der Waals surface area contributed by atoms with Gasteiger partial charge in [-0.3, -0.25) is 4.79 Å². The van der Waals surface area contributed by atoms with Gasteiger partial charge in [0.2, 0.25) is 0 Å². The van der Waals surface area contributed by atoms with Gasteiger partial charge in [-0.25, -0.2) is 28.3 Å². The van der Waals surface area contributed by atoms with Gasteiger partial charge in [0.25, 0.3) is 5.91 Å². The number of piperidine rings is 1. The van der Waals surface area contributed by atoms with E-state index < -0.39 is 23.4 Å². The number of carboxylic acids is 2. The summed E-state index contributed by atoms with van der Waals surface area (Å²) < 4.78 is 28.2. The molecular formula is C23H25ClF2N4O5. The number of likely N-dealkylation sites (tertiary alicyclic amines) is 1. The molecule has 1 aliphatic rings. The summed E-state index contributed by atoms with van der Waals surface area (Å²) in [6.45, 7) is 3.07. The highest BCUT2D eigenvalue weighted by atomic mass is 35.5. The average Bonchev–Trinajstić information content (AvgIpc) is 2.81. The number of aromatic nitrogens is 2. The van der Waals surface area contributed by atoms with E-state index in [1.54, 1.807) is 17.3 Å². The summed E-state index contributed by atoms with van der Waals surface area (Å²) in [7, 11) is 0. The number of carboxylic acid groups (broad SMARTS) is 2. The van der Waals surface area contributed by atoms with Crippen LogP contribution in [-0.4, -0.2) is 68.2 Å². The number of aryl methyl sites for hydroxylation is 1. The highest BCUT2D eigenvalue weighted by Crippen LogP contribution is 2.27. The standard InChI is InChI=1S/C19H21ClF2N4O.C4H4O4/c1-13-9-24-17(25-10-13)11-23-12-19(22)4-6-26(7-5-19)18(27)14-2-3-16(21)15(20)8-14;5-3(6)1-2-4(7)8/h2-3,8-10,23H,4-7,11-12H2,1H3;1-2H,(H,5,6)(H,7,8)/b;2-1+. The zero-order chi connectivity index (χ0) is 26.0. The SMILES string of the molecule is Cc1cnc(CNCC2(F)CCN(C(=O)c3ccc(F)c(Cl)c3)CC2)nc1.O=C(O)/C=C/C(=O)O. The molecule has 1 aromatic carbocycles. The first-order chi connectivity index (χ1) is 16.5. The van der Waals surface area contributed by atoms with Crippen LogP contribution in [0.4, 0.5) is 8.78 Å². The second kappa shape index (κ2) is 12.9. The molecule has 0 spiro atoms. The molecule has 9 nitrogen and oxygen atoms in total. The Labute approximate surface area is 205 Å². The van der Waals surface area contributed by atoms with Gasteiger partial charge in [-0.2, -0.15) is 0 Å². The molecule has 0 bridgehead atoms. The molecule has 2 heterocycles. The number of carbonyl (C=O) groups is 3. The van der Waals surface area contributed by atoms with Crippen molar-refractivity contribution in [2.24, 2.45) is 0 Å². The number of rotatable bonds is 7. The first-order valence-corrected chi connectivity index (χ1v) is 10.9. The molecule has 1 aromatic heterocycles. The molecule has 0 unspecified atom stereocenters. The molecular weight excluding hydrogens is 486 g/mol. The Balaban J connectivity index is 0.000000466. The van der Waals surface area contributed by atoms with E-state index in [4.69, 9.17) is 21.8 Å². The van der Waals surface area contributed by atoms with Gasteiger partial charge in [-0.1, -0.05) is 11.6 Å². The highest BCUT2D eigenvalue weighted by molar-refractivity contribution is 6.31. The Morgan fingerprint density at radius 3 is 2.23 bits per heavy atom. The third-order valence-corrected chi connectivity index (χ3v) is 5.33. The zero-order valence-corrected chi connectivity index (χ0v) is 19.6. The van der Waals surface area contributed by atoms with Crippen LogP contribution in [0, 0.1) is 12.7 Å². The van der Waals surface area contributed by atoms with Crippen molar-refractivity contribution in [2.75, 3.05) is 19.6 Å². The van der Waals surface area contributed by atoms with Gasteiger partial charge in [0.15, 0.2) is 0 Å². The molecule has 0 aliphatic carbocycles. The number of hydrogen-bond donors (Lipinski definition) is 3. The minimum Gasteiger partial charge on any atom is -0.478 e. The molecule has 2 aromatic rings. The van der Waals surface area contributed by atoms with E-state index in [0.29, 0.717) is 43.2 Å². The van der Waals surface area contributed by atoms with Crippen LogP contribution in [0.1, 0.15) is 34.6 Å². The van der Waals surface area contributed by atoms with Crippen molar-refractivity contribution < 1.29 is 33.4 Å². The van der Waals surface area contributed by atoms with E-state index >= 15 is 0 Å². The van der Waals surface area contributed by atoms with Crippen LogP contribution in [-0.2, 0) is 16.1 Å². The van der Waals surface area contributed by atoms with Crippen LogP contribution in [0.5, 0.6) is 0 Å². The Hall–Kier alpha value is -3.44. The molecule has 0 atom stereocenters. The van der Waals surface area contributed by atoms with Gasteiger partial charge in [0.1, 0.15) is 17.3 Å². The molecule has 3 rings (SSSR count). The predicted octanol–water partition coefficient (Wildman–Crippen LogP) is 3.02. The van der Waals surface area contributed by atoms with Crippen molar-refractivity contribution in [1.82, 2.24) is 20.2 Å². The lowest BCUT2D eigenvalue weighted by Crippen LogP contribution is -2.48. The van der Waals surface area contributed by atoms with Crippen molar-refractivity contribution in [1.29, 1.82) is 0 Å². The fourth-order valence-electron chi connectivity index (χ4n) is 3.15. The second-order valence-corrected chi connectivity index (χ2v) is 8.27. The maximum Gasteiger partial charge on any atom is 0.328 e. The number of nitrogens with zero attached hydrogens (tertiary/aromatic N) is 3. The molecule has 3 N–H and O–H groups in total. The maximum absolute atomic E-state index is 15.0. The summed E-state index contributed by atoms with van der Waals surface area (Å²) in [5.41, 5.74) is -0.107. The van der Waals surface area contributed by atoms with Gasteiger partial charge in [-0.15, -0.1) is 0 Å². The zero-order valence-electron chi connectivity index (χ0n) is 18.9. The first-order valence-electron chi connectivity index (χ1n) is 10.5. The van der Waals surface area contributed by atoms with Crippen LogP contribution in [0.15, 0.2) is 42.7 Å². The molecule has 0 radical (unpaired) electrons. The molecule has 0 saturated carbocycles. The Kier molecular flexibility index (Phi) is 10.2. The third kappa shape index (κ3) is 9.38. The Morgan fingerprint density at radius 2 is 1.71 bits per heavy atom. The number of benzene rings is 1. The van der Waals surface area contributed by atoms with Crippen molar-refractivity contribution in [2.45, 2.75) is 32.0 Å². The van der Waals surface area contributed by atoms with Crippen LogP contribution in [0.25, 0.3) is 0 Å². The summed E-state index contributed by atoms with van der Waals surface area (Å²) in [5, 5.41) is 18.6. The van der Waals surface area contributed by atoms with E-state index in [9.17, 15) is 23.2 Å². The first kappa shape index (κ1) is 27.8. The van der Waals surface area contributed by atoms with E-state index in [2.05, 4.69) is 15.3 Å². The van der Waals surface area contributed by atoms with Gasteiger partial charge in [-0.05, 0) is 30.7 Å². The fourth-order valence-corrected chi connectivity index (χ4v) is 3.33. The minimum absolute atomic E-state index is 0.0970. The monoisotopic (exact) mass is 510 g/mol. The number of nitrogens with one attached hydrogen (secondary N) is 1. The number of hydrogen-bond acceptors (Lipinski definition) is 6. The molecule has 12 heteroatoms. The molecule has 1 saturated heterocycles. The third-order valence-electron chi connectivity index (χ3n) is 5.04. The lowest BCUT2D eigenvalue weighted by Gasteiger charge is -2.36. The summed E-state index contributed by atoms with van der Waals surface area (Å²) >= 11 is 5.73. The fraction of sp³-hybridized carbons (Fsp3) is 0.348. The van der Waals surface area contributed by atoms with Crippen LogP contribution in [0.3, 0.4) is 0 Å². The van der Waals surface area contributed by atoms with Crippen molar-refractivity contribution >= 4 is 29.4 Å². The van der Waals surface area contributed by atoms with E-state index in [1.807, 2.05) is 6.92 Å². The van der Waals surface area contributed by atoms with Crippen LogP contribution in [0.2, 0.25) is 5.02 Å². The lowest BCUT2D eigenvalue weighted by molar-refractivity contribution is -0.134. The topological polar surface area (TPSA) is 133 Å². The highest BCUT2D eigenvalue weighted by Gasteiger charge is 2.36. The maximum atomic E-state index is 15.0. The van der Waals surface area contributed by atoms with Gasteiger partial charge < -0.3 is 20.4 Å². The minimum atomic E-state index is -1.39. The van der Waals surface area contributed by atoms with E-state index in [1.165, 1.54) is 12.1 Å². The predicted molar refractivity (Wildman–Crippen MR) is 123 cm³/mol. The van der Waals surface area contributed by atoms with Crippen LogP contribution >= 0.6 is 11.6 Å². The summed E-state index contributed by atoms with van der Waals surface area (Å²) in [6, 6.07) is 3.86. The summed E-state index contributed by atoms with van der Waals surface area (Å²) in [6.07, 6.45) is 5.03. The summed E-state index contributed by atoms with van der Waals surface area (Å²) in [4.78, 5) is 41.5. The quantitative estimate of drug-likeness (QED) is 0.484. The van der Waals surface area contributed by atoms with Crippen LogP contribution < -0.4 is 5.32 Å². The number of carbonyl (C=O) groups excluding carboxylic acids is 1. The molecule has 1 fully saturated rings. The molecule has 35 heavy (non-hydrogen) atoms. The van der Waals surface area contributed by atoms with Gasteiger partial charge >= 0.3 is 11.9 Å². The van der Waals surface area contributed by atoms with E-state index in [0.717, 1.165) is 11.6 Å². The number of amides is 1. The summed E-state index contributed by atoms with van der Waals surface area (Å²) in [5.74, 6) is -2.73. The number of halogens is 3. The van der Waals surface area contributed by atoms with E-state index in [-0.39, 0.29) is 30.3 Å². The van der Waals surface area contributed by atoms with Gasteiger partial charge in [0, 0.05) is 62.6 Å². The second-order valence-electron chi connectivity index (χ2n) is 7.86. The molecule has 1 amide bonds. The number of alkyl halides is 1. The Bertz CT molecular complexity index is 1060.